The quantitative estimate of drug-likeness (QED) is 0.0318. The lowest BCUT2D eigenvalue weighted by atomic mass is 10.0. The van der Waals surface area contributed by atoms with Crippen molar-refractivity contribution in [1.29, 1.82) is 0 Å². The number of amides is 1. The molecule has 0 aromatic heterocycles. The van der Waals surface area contributed by atoms with Gasteiger partial charge in [-0.1, -0.05) is 316 Å². The number of nitrogens with one attached hydrogen (secondary N) is 1. The van der Waals surface area contributed by atoms with Gasteiger partial charge in [0.25, 0.3) is 0 Å². The van der Waals surface area contributed by atoms with E-state index in [1.807, 2.05) is 21.1 Å². The van der Waals surface area contributed by atoms with E-state index in [-0.39, 0.29) is 19.1 Å². The number of aliphatic hydroxyl groups excluding tert-OH is 1. The minimum atomic E-state index is -4.32. The number of hydrogen-bond donors (Lipinski definition) is 3. The molecule has 0 radical (unpaired) electrons. The molecule has 8 nitrogen and oxygen atoms in total. The summed E-state index contributed by atoms with van der Waals surface area (Å²) in [6, 6.07) is -0.756. The number of hydrogen-bond acceptors (Lipinski definition) is 5. The molecule has 0 aliphatic heterocycles. The fraction of sp³-hybridized carbons (Fsp3) is 0.984. The van der Waals surface area contributed by atoms with Crippen LogP contribution in [0.1, 0.15) is 335 Å². The number of quaternary nitrogens is 1. The number of aliphatic hydroxyl groups is 1. The SMILES string of the molecule is CCCCCCCCCCCCCCCCCCCCCCCCCCC(=O)NC(COP(=O)(O)OCC[N+](C)(C)C)C(O)CCCCCCCCCCCCCCCCCCCCCCCCCC. The van der Waals surface area contributed by atoms with Gasteiger partial charge in [0.05, 0.1) is 39.9 Å². The van der Waals surface area contributed by atoms with E-state index in [1.54, 1.807) is 0 Å². The highest BCUT2D eigenvalue weighted by Crippen LogP contribution is 2.43. The molecule has 0 bridgehead atoms. The summed E-state index contributed by atoms with van der Waals surface area (Å²) in [7, 11) is 1.64. The molecule has 0 saturated heterocycles. The third kappa shape index (κ3) is 55.3. The first kappa shape index (κ1) is 69.5. The molecule has 0 saturated carbocycles. The van der Waals surface area contributed by atoms with Crippen molar-refractivity contribution in [2.24, 2.45) is 0 Å². The number of rotatable bonds is 59. The van der Waals surface area contributed by atoms with Crippen molar-refractivity contribution in [2.75, 3.05) is 40.9 Å². The third-order valence-corrected chi connectivity index (χ3v) is 15.8. The van der Waals surface area contributed by atoms with Gasteiger partial charge in [0.15, 0.2) is 0 Å². The van der Waals surface area contributed by atoms with Crippen LogP contribution in [0.3, 0.4) is 0 Å². The summed E-state index contributed by atoms with van der Waals surface area (Å²) in [6.07, 6.45) is 64.6. The zero-order valence-corrected chi connectivity index (χ0v) is 48.9. The summed E-state index contributed by atoms with van der Waals surface area (Å²) >= 11 is 0. The average molecular weight is 1010 g/mol. The van der Waals surface area contributed by atoms with Crippen LogP contribution >= 0.6 is 7.82 Å². The molecule has 0 aliphatic carbocycles. The predicted octanol–water partition coefficient (Wildman–Crippen LogP) is 19.2. The minimum absolute atomic E-state index is 0.0793. The van der Waals surface area contributed by atoms with E-state index in [0.29, 0.717) is 23.9 Å². The van der Waals surface area contributed by atoms with Gasteiger partial charge in [-0.05, 0) is 12.8 Å². The Morgan fingerprint density at radius 3 is 0.957 bits per heavy atom. The molecule has 3 unspecified atom stereocenters. The Morgan fingerprint density at radius 2 is 0.686 bits per heavy atom. The molecule has 9 heteroatoms. The molecule has 0 fully saturated rings. The van der Waals surface area contributed by atoms with Crippen LogP contribution in [0.15, 0.2) is 0 Å². The summed E-state index contributed by atoms with van der Waals surface area (Å²) < 4.78 is 23.8. The van der Waals surface area contributed by atoms with Crippen molar-refractivity contribution in [2.45, 2.75) is 347 Å². The van der Waals surface area contributed by atoms with Gasteiger partial charge in [0.2, 0.25) is 5.91 Å². The number of carbonyl (C=O) groups excluding carboxylic acids is 1. The Kier molecular flexibility index (Phi) is 52.9. The Hall–Kier alpha value is -0.500. The van der Waals surface area contributed by atoms with Crippen molar-refractivity contribution in [1.82, 2.24) is 5.32 Å². The van der Waals surface area contributed by atoms with E-state index in [1.165, 1.54) is 270 Å². The summed E-state index contributed by atoms with van der Waals surface area (Å²) in [5.41, 5.74) is 0. The van der Waals surface area contributed by atoms with E-state index in [0.717, 1.165) is 38.5 Å². The molecule has 0 aliphatic rings. The average Bonchev–Trinajstić information content (AvgIpc) is 3.32. The Morgan fingerprint density at radius 1 is 0.429 bits per heavy atom. The molecule has 420 valence electrons. The van der Waals surface area contributed by atoms with Gasteiger partial charge in [0.1, 0.15) is 13.2 Å². The van der Waals surface area contributed by atoms with Crippen LogP contribution in [0.5, 0.6) is 0 Å². The molecule has 3 atom stereocenters. The number of phosphoric acid groups is 1. The number of phosphoric ester groups is 1. The van der Waals surface area contributed by atoms with Gasteiger partial charge in [-0.15, -0.1) is 0 Å². The second kappa shape index (κ2) is 53.3. The van der Waals surface area contributed by atoms with Crippen molar-refractivity contribution >= 4 is 13.7 Å². The highest BCUT2D eigenvalue weighted by molar-refractivity contribution is 7.47. The van der Waals surface area contributed by atoms with Crippen molar-refractivity contribution in [3.8, 4) is 0 Å². The van der Waals surface area contributed by atoms with Crippen LogP contribution in [0.4, 0.5) is 0 Å². The van der Waals surface area contributed by atoms with Crippen LogP contribution in [0.2, 0.25) is 0 Å². The van der Waals surface area contributed by atoms with E-state index in [9.17, 15) is 19.4 Å². The van der Waals surface area contributed by atoms with Crippen LogP contribution in [0.25, 0.3) is 0 Å². The second-order valence-electron chi connectivity index (χ2n) is 23.2. The third-order valence-electron chi connectivity index (χ3n) is 14.9. The summed E-state index contributed by atoms with van der Waals surface area (Å²) in [5.74, 6) is -0.134. The zero-order chi connectivity index (χ0) is 51.3. The summed E-state index contributed by atoms with van der Waals surface area (Å²) in [4.78, 5) is 23.4. The summed E-state index contributed by atoms with van der Waals surface area (Å²) in [5, 5.41) is 14.1. The largest absolute Gasteiger partial charge is 0.472 e. The standard InChI is InChI=1S/C61H125N2O6P/c1-6-8-10-12-14-16-18-20-22-24-26-28-30-32-34-36-38-40-42-44-46-48-50-52-54-60(64)59(58-69-70(66,67)68-57-56-63(3,4)5)62-61(65)55-53-51-49-47-45-43-41-39-37-35-33-31-29-27-25-23-21-19-17-15-13-11-9-7-2/h59-60,64H,6-58H2,1-5H3,(H-,62,65,66,67)/p+1. The normalized spacial score (nSPS) is 13.8. The van der Waals surface area contributed by atoms with Gasteiger partial charge in [0, 0.05) is 6.42 Å². The van der Waals surface area contributed by atoms with Gasteiger partial charge in [-0.3, -0.25) is 13.8 Å². The first-order chi connectivity index (χ1) is 34.0. The molecule has 70 heavy (non-hydrogen) atoms. The highest BCUT2D eigenvalue weighted by Gasteiger charge is 2.28. The molecule has 0 aromatic rings. The lowest BCUT2D eigenvalue weighted by Gasteiger charge is -2.26. The highest BCUT2D eigenvalue weighted by atomic mass is 31.2. The van der Waals surface area contributed by atoms with Gasteiger partial charge < -0.3 is 19.8 Å². The zero-order valence-electron chi connectivity index (χ0n) is 48.1. The minimum Gasteiger partial charge on any atom is -0.391 e. The number of carbonyl (C=O) groups is 1. The van der Waals surface area contributed by atoms with Crippen LogP contribution in [0, 0.1) is 0 Å². The molecule has 0 aromatic carbocycles. The van der Waals surface area contributed by atoms with Crippen LogP contribution < -0.4 is 5.32 Å². The van der Waals surface area contributed by atoms with Crippen LogP contribution in [-0.2, 0) is 18.4 Å². The fourth-order valence-electron chi connectivity index (χ4n) is 9.93. The molecule has 0 rings (SSSR count). The first-order valence-electron chi connectivity index (χ1n) is 31.4. The maximum Gasteiger partial charge on any atom is 0.472 e. The molecule has 0 heterocycles. The van der Waals surface area contributed by atoms with E-state index in [2.05, 4.69) is 19.2 Å². The topological polar surface area (TPSA) is 105 Å². The van der Waals surface area contributed by atoms with Gasteiger partial charge >= 0.3 is 7.82 Å². The van der Waals surface area contributed by atoms with Gasteiger partial charge in [-0.25, -0.2) is 4.57 Å². The predicted molar refractivity (Wildman–Crippen MR) is 305 cm³/mol. The van der Waals surface area contributed by atoms with Gasteiger partial charge in [-0.2, -0.15) is 0 Å². The molecule has 1 amide bonds. The second-order valence-corrected chi connectivity index (χ2v) is 24.6. The smallest absolute Gasteiger partial charge is 0.391 e. The number of likely N-dealkylation sites (N-methyl/N-ethyl adjacent to an activating group) is 1. The Balaban J connectivity index is 4.07. The van der Waals surface area contributed by atoms with Crippen molar-refractivity contribution < 1.29 is 32.9 Å². The van der Waals surface area contributed by atoms with Crippen molar-refractivity contribution in [3.63, 3.8) is 0 Å². The summed E-state index contributed by atoms with van der Waals surface area (Å²) in [6.45, 7) is 4.96. The molecule has 3 N–H and O–H groups in total. The Labute approximate surface area is 438 Å². The lowest BCUT2D eigenvalue weighted by Crippen LogP contribution is -2.46. The molecular formula is C61H126N2O6P+. The lowest BCUT2D eigenvalue weighted by molar-refractivity contribution is -0.870. The van der Waals surface area contributed by atoms with Crippen LogP contribution in [-0.4, -0.2) is 73.4 Å². The molecule has 0 spiro atoms. The first-order valence-corrected chi connectivity index (χ1v) is 32.9. The maximum absolute atomic E-state index is 13.0. The number of nitrogens with zero attached hydrogens (tertiary/aromatic N) is 1. The van der Waals surface area contributed by atoms with E-state index in [4.69, 9.17) is 9.05 Å². The van der Waals surface area contributed by atoms with E-state index >= 15 is 0 Å². The Bertz CT molecular complexity index is 1100. The maximum atomic E-state index is 13.0. The van der Waals surface area contributed by atoms with Crippen molar-refractivity contribution in [3.05, 3.63) is 0 Å². The van der Waals surface area contributed by atoms with E-state index < -0.39 is 20.0 Å². The monoisotopic (exact) mass is 1010 g/mol. The number of unbranched alkanes of at least 4 members (excludes halogenated alkanes) is 46. The molecular weight excluding hydrogens is 888 g/mol. The fourth-order valence-corrected chi connectivity index (χ4v) is 10.7.